The van der Waals surface area contributed by atoms with E-state index in [0.29, 0.717) is 31.7 Å². The number of methoxy groups -OCH3 is 2. The van der Waals surface area contributed by atoms with Crippen molar-refractivity contribution in [3.8, 4) is 11.8 Å². The van der Waals surface area contributed by atoms with E-state index >= 15 is 0 Å². The number of halogens is 2. The molecule has 0 aliphatic heterocycles. The lowest BCUT2D eigenvalue weighted by molar-refractivity contribution is 0.355. The molecule has 1 atom stereocenters. The Bertz CT molecular complexity index is 591. The third kappa shape index (κ3) is 2.92. The predicted octanol–water partition coefficient (Wildman–Crippen LogP) is 2.91. The van der Waals surface area contributed by atoms with Crippen LogP contribution in [-0.4, -0.2) is 24.2 Å². The molecule has 2 N–H and O–H groups in total. The van der Waals surface area contributed by atoms with Crippen molar-refractivity contribution in [1.29, 1.82) is 0 Å². The van der Waals surface area contributed by atoms with Crippen molar-refractivity contribution in [2.24, 2.45) is 5.73 Å². The molecule has 2 heterocycles. The molecule has 0 spiro atoms. The van der Waals surface area contributed by atoms with Crippen LogP contribution in [0, 0.1) is 0 Å². The van der Waals surface area contributed by atoms with Crippen LogP contribution in [0.15, 0.2) is 12.3 Å². The molecule has 2 aromatic heterocycles. The van der Waals surface area contributed by atoms with Gasteiger partial charge < -0.3 is 15.2 Å². The highest BCUT2D eigenvalue weighted by Gasteiger charge is 2.22. The van der Waals surface area contributed by atoms with Crippen LogP contribution in [0.1, 0.15) is 17.3 Å². The minimum Gasteiger partial charge on any atom is -0.480 e. The van der Waals surface area contributed by atoms with E-state index in [1.807, 2.05) is 0 Å². The van der Waals surface area contributed by atoms with Crippen molar-refractivity contribution < 1.29 is 9.47 Å². The highest BCUT2D eigenvalue weighted by Crippen LogP contribution is 2.37. The standard InChI is InChI=1S/C11H11Cl2N3O2S/c1-17-7-4-15-9(11(16-7)18-2)8(14)5-3-6(12)19-10(5)13/h3-4,8H,14H2,1-2H3. The van der Waals surface area contributed by atoms with E-state index in [1.54, 1.807) is 6.07 Å². The molecule has 0 aliphatic rings. The zero-order chi connectivity index (χ0) is 14.0. The van der Waals surface area contributed by atoms with Gasteiger partial charge in [0.05, 0.1) is 35.1 Å². The topological polar surface area (TPSA) is 70.3 Å². The Hall–Kier alpha value is -1.08. The second-order valence-corrected chi connectivity index (χ2v) is 5.85. The fraction of sp³-hybridized carbons (Fsp3) is 0.273. The highest BCUT2D eigenvalue weighted by molar-refractivity contribution is 7.20. The van der Waals surface area contributed by atoms with Crippen LogP contribution in [0.4, 0.5) is 0 Å². The third-order valence-electron chi connectivity index (χ3n) is 2.46. The van der Waals surface area contributed by atoms with E-state index in [-0.39, 0.29) is 0 Å². The summed E-state index contributed by atoms with van der Waals surface area (Å²) >= 11 is 13.2. The lowest BCUT2D eigenvalue weighted by Crippen LogP contribution is -2.15. The molecule has 0 aromatic carbocycles. The van der Waals surface area contributed by atoms with Gasteiger partial charge in [0.2, 0.25) is 11.8 Å². The zero-order valence-corrected chi connectivity index (χ0v) is 12.5. The second kappa shape index (κ2) is 5.92. The molecule has 0 radical (unpaired) electrons. The van der Waals surface area contributed by atoms with E-state index in [1.165, 1.54) is 31.8 Å². The number of ether oxygens (including phenoxy) is 2. The first-order valence-corrected chi connectivity index (χ1v) is 6.79. The summed E-state index contributed by atoms with van der Waals surface area (Å²) in [6.45, 7) is 0. The van der Waals surface area contributed by atoms with Crippen LogP contribution in [-0.2, 0) is 0 Å². The largest absolute Gasteiger partial charge is 0.480 e. The first kappa shape index (κ1) is 14.3. The maximum Gasteiger partial charge on any atom is 0.240 e. The normalized spacial score (nSPS) is 12.3. The summed E-state index contributed by atoms with van der Waals surface area (Å²) in [6, 6.07) is 1.15. The number of nitrogens with two attached hydrogens (primary N) is 1. The molecule has 0 amide bonds. The van der Waals surface area contributed by atoms with E-state index in [2.05, 4.69) is 9.97 Å². The number of nitrogens with zero attached hydrogens (tertiary/aromatic N) is 2. The quantitative estimate of drug-likeness (QED) is 0.938. The van der Waals surface area contributed by atoms with Gasteiger partial charge in [0.25, 0.3) is 0 Å². The highest BCUT2D eigenvalue weighted by atomic mass is 35.5. The van der Waals surface area contributed by atoms with Crippen LogP contribution in [0.25, 0.3) is 0 Å². The van der Waals surface area contributed by atoms with Gasteiger partial charge in [0.1, 0.15) is 5.69 Å². The Labute approximate surface area is 124 Å². The SMILES string of the molecule is COc1cnc(C(N)c2cc(Cl)sc2Cl)c(OC)n1. The number of rotatable bonds is 4. The summed E-state index contributed by atoms with van der Waals surface area (Å²) in [7, 11) is 2.99. The van der Waals surface area contributed by atoms with Gasteiger partial charge in [-0.25, -0.2) is 4.98 Å². The monoisotopic (exact) mass is 319 g/mol. The van der Waals surface area contributed by atoms with Gasteiger partial charge >= 0.3 is 0 Å². The first-order chi connectivity index (χ1) is 9.06. The first-order valence-electron chi connectivity index (χ1n) is 5.22. The second-order valence-electron chi connectivity index (χ2n) is 3.56. The van der Waals surface area contributed by atoms with Crippen molar-refractivity contribution in [1.82, 2.24) is 9.97 Å². The van der Waals surface area contributed by atoms with Crippen LogP contribution >= 0.6 is 34.5 Å². The van der Waals surface area contributed by atoms with Crippen LogP contribution < -0.4 is 15.2 Å². The Balaban J connectivity index is 2.43. The molecule has 1 unspecified atom stereocenters. The van der Waals surface area contributed by atoms with Crippen LogP contribution in [0.3, 0.4) is 0 Å². The molecule has 0 fully saturated rings. The Morgan fingerprint density at radius 2 is 2.05 bits per heavy atom. The van der Waals surface area contributed by atoms with E-state index in [9.17, 15) is 0 Å². The number of thiophene rings is 1. The fourth-order valence-electron chi connectivity index (χ4n) is 1.54. The van der Waals surface area contributed by atoms with Crippen molar-refractivity contribution in [2.45, 2.75) is 6.04 Å². The van der Waals surface area contributed by atoms with Gasteiger partial charge in [-0.05, 0) is 6.07 Å². The smallest absolute Gasteiger partial charge is 0.240 e. The van der Waals surface area contributed by atoms with Gasteiger partial charge in [-0.3, -0.25) is 0 Å². The van der Waals surface area contributed by atoms with E-state index in [4.69, 9.17) is 38.4 Å². The molecule has 0 bridgehead atoms. The maximum absolute atomic E-state index is 6.14. The minimum atomic E-state index is -0.565. The summed E-state index contributed by atoms with van der Waals surface area (Å²) in [5, 5.41) is 0. The minimum absolute atomic E-state index is 0.297. The van der Waals surface area contributed by atoms with Crippen molar-refractivity contribution in [3.63, 3.8) is 0 Å². The predicted molar refractivity (Wildman–Crippen MR) is 75.5 cm³/mol. The van der Waals surface area contributed by atoms with Gasteiger partial charge in [-0.2, -0.15) is 4.98 Å². The molecule has 0 saturated carbocycles. The summed E-state index contributed by atoms with van der Waals surface area (Å²) in [5.74, 6) is 0.646. The van der Waals surface area contributed by atoms with Crippen LogP contribution in [0.5, 0.6) is 11.8 Å². The maximum atomic E-state index is 6.14. The third-order valence-corrected chi connectivity index (χ3v) is 3.98. The van der Waals surface area contributed by atoms with Gasteiger partial charge in [-0.1, -0.05) is 23.2 Å². The lowest BCUT2D eigenvalue weighted by atomic mass is 10.1. The van der Waals surface area contributed by atoms with Gasteiger partial charge in [-0.15, -0.1) is 11.3 Å². The molecule has 2 aromatic rings. The molecule has 102 valence electrons. The summed E-state index contributed by atoms with van der Waals surface area (Å²) < 4.78 is 11.2. The molecular formula is C11H11Cl2N3O2S. The zero-order valence-electron chi connectivity index (χ0n) is 10.2. The Morgan fingerprint density at radius 1 is 1.32 bits per heavy atom. The lowest BCUT2D eigenvalue weighted by Gasteiger charge is -2.13. The Morgan fingerprint density at radius 3 is 2.58 bits per heavy atom. The van der Waals surface area contributed by atoms with Crippen molar-refractivity contribution >= 4 is 34.5 Å². The van der Waals surface area contributed by atoms with Crippen molar-refractivity contribution in [2.75, 3.05) is 14.2 Å². The molecule has 0 aliphatic carbocycles. The van der Waals surface area contributed by atoms with E-state index < -0.39 is 6.04 Å². The summed E-state index contributed by atoms with van der Waals surface area (Å²) in [6.07, 6.45) is 1.47. The van der Waals surface area contributed by atoms with E-state index in [0.717, 1.165) is 0 Å². The number of hydrogen-bond acceptors (Lipinski definition) is 6. The molecule has 8 heteroatoms. The molecule has 5 nitrogen and oxygen atoms in total. The summed E-state index contributed by atoms with van der Waals surface area (Å²) in [4.78, 5) is 8.35. The average molecular weight is 320 g/mol. The Kier molecular flexibility index (Phi) is 4.46. The fourth-order valence-corrected chi connectivity index (χ4v) is 3.09. The van der Waals surface area contributed by atoms with Crippen LogP contribution in [0.2, 0.25) is 8.67 Å². The van der Waals surface area contributed by atoms with Crippen molar-refractivity contribution in [3.05, 3.63) is 32.2 Å². The molecule has 0 saturated heterocycles. The number of aromatic nitrogens is 2. The summed E-state index contributed by atoms with van der Waals surface area (Å²) in [5.41, 5.74) is 7.30. The number of hydrogen-bond donors (Lipinski definition) is 1. The van der Waals surface area contributed by atoms with Gasteiger partial charge in [0, 0.05) is 5.56 Å². The van der Waals surface area contributed by atoms with Gasteiger partial charge in [0.15, 0.2) is 0 Å². The molecular weight excluding hydrogens is 309 g/mol. The molecule has 19 heavy (non-hydrogen) atoms. The average Bonchev–Trinajstić information content (AvgIpc) is 2.76. The molecule has 2 rings (SSSR count).